The van der Waals surface area contributed by atoms with Crippen molar-refractivity contribution >= 4 is 16.7 Å². The summed E-state index contributed by atoms with van der Waals surface area (Å²) < 4.78 is 5.33. The van der Waals surface area contributed by atoms with Crippen molar-refractivity contribution in [3.8, 4) is 5.75 Å². The molecule has 114 valence electrons. The van der Waals surface area contributed by atoms with Crippen LogP contribution in [0.25, 0.3) is 4.91 Å². The second-order valence-electron chi connectivity index (χ2n) is 5.35. The molecule has 3 rings (SSSR count). The van der Waals surface area contributed by atoms with Crippen LogP contribution in [0.5, 0.6) is 5.75 Å². The Balaban J connectivity index is 1.68. The number of thioether (sulfide) groups is 1. The first-order chi connectivity index (χ1) is 10.8. The number of methoxy groups -OCH3 is 1. The molecule has 0 spiro atoms. The number of hydrogen-bond acceptors (Lipinski definition) is 3. The van der Waals surface area contributed by atoms with Gasteiger partial charge in [-0.2, -0.15) is 0 Å². The zero-order chi connectivity index (χ0) is 15.2. The molecule has 0 unspecified atom stereocenters. The second kappa shape index (κ2) is 7.41. The number of nitrogens with zero attached hydrogens (tertiary/aromatic N) is 1. The molecule has 1 aliphatic rings. The Hall–Kier alpha value is -1.87. The molecule has 0 amide bonds. The molecule has 0 bridgehead atoms. The smallest absolute Gasteiger partial charge is 0.119 e. The van der Waals surface area contributed by atoms with Gasteiger partial charge in [-0.25, -0.2) is 0 Å². The van der Waals surface area contributed by atoms with E-state index in [2.05, 4.69) is 59.6 Å². The molecular formula is C19H21NOS. The predicted molar refractivity (Wildman–Crippen MR) is 95.1 cm³/mol. The minimum Gasteiger partial charge on any atom is -0.497 e. The lowest BCUT2D eigenvalue weighted by Crippen LogP contribution is -2.25. The van der Waals surface area contributed by atoms with Crippen molar-refractivity contribution < 1.29 is 4.74 Å². The summed E-state index contributed by atoms with van der Waals surface area (Å²) in [6.07, 6.45) is 3.39. The molecule has 1 aliphatic heterocycles. The lowest BCUT2D eigenvalue weighted by Gasteiger charge is -2.26. The summed E-state index contributed by atoms with van der Waals surface area (Å²) >= 11 is 1.92. The maximum atomic E-state index is 5.33. The normalized spacial score (nSPS) is 14.6. The molecule has 0 radical (unpaired) electrons. The Kier molecular flexibility index (Phi) is 5.07. The molecule has 2 aromatic rings. The molecule has 0 aromatic heterocycles. The Labute approximate surface area is 136 Å². The van der Waals surface area contributed by atoms with Gasteiger partial charge in [0.1, 0.15) is 5.75 Å². The van der Waals surface area contributed by atoms with Gasteiger partial charge in [-0.1, -0.05) is 42.5 Å². The number of hydrogen-bond donors (Lipinski definition) is 0. The number of ether oxygens (including phenoxy) is 1. The van der Waals surface area contributed by atoms with Gasteiger partial charge in [-0.15, -0.1) is 11.8 Å². The largest absolute Gasteiger partial charge is 0.497 e. The Bertz CT molecular complexity index is 639. The average Bonchev–Trinajstić information content (AvgIpc) is 2.61. The van der Waals surface area contributed by atoms with Crippen LogP contribution < -0.4 is 4.74 Å². The van der Waals surface area contributed by atoms with E-state index in [1.54, 1.807) is 7.11 Å². The number of benzene rings is 2. The van der Waals surface area contributed by atoms with Crippen LogP contribution in [0.3, 0.4) is 0 Å². The zero-order valence-corrected chi connectivity index (χ0v) is 13.7. The maximum Gasteiger partial charge on any atom is 0.119 e. The van der Waals surface area contributed by atoms with Crippen LogP contribution in [0.15, 0.2) is 60.8 Å². The quantitative estimate of drug-likeness (QED) is 0.817. The van der Waals surface area contributed by atoms with E-state index in [1.807, 2.05) is 17.8 Å². The van der Waals surface area contributed by atoms with Gasteiger partial charge in [0, 0.05) is 29.9 Å². The average molecular weight is 311 g/mol. The molecule has 0 aliphatic carbocycles. The van der Waals surface area contributed by atoms with Crippen molar-refractivity contribution in [1.29, 1.82) is 0 Å². The van der Waals surface area contributed by atoms with Crippen LogP contribution in [-0.2, 0) is 6.42 Å². The summed E-state index contributed by atoms with van der Waals surface area (Å²) in [5.74, 6) is 2.05. The van der Waals surface area contributed by atoms with Gasteiger partial charge in [0.2, 0.25) is 0 Å². The van der Waals surface area contributed by atoms with E-state index < -0.39 is 0 Å². The van der Waals surface area contributed by atoms with Crippen LogP contribution in [0, 0.1) is 0 Å². The first kappa shape index (κ1) is 15.0. The first-order valence-corrected chi connectivity index (χ1v) is 8.61. The van der Waals surface area contributed by atoms with Crippen LogP contribution in [-0.4, -0.2) is 30.9 Å². The van der Waals surface area contributed by atoms with Gasteiger partial charge in [0.25, 0.3) is 0 Å². The fourth-order valence-corrected chi connectivity index (χ4v) is 3.63. The Morgan fingerprint density at radius 1 is 1.09 bits per heavy atom. The van der Waals surface area contributed by atoms with Gasteiger partial charge >= 0.3 is 0 Å². The van der Waals surface area contributed by atoms with Crippen molar-refractivity contribution in [2.45, 2.75) is 6.42 Å². The highest BCUT2D eigenvalue weighted by Gasteiger charge is 2.13. The van der Waals surface area contributed by atoms with Gasteiger partial charge in [0.05, 0.1) is 7.11 Å². The second-order valence-corrected chi connectivity index (χ2v) is 6.48. The SMILES string of the molecule is COc1cccc(C2=CN(CCc3ccccc3)CCS2)c1. The first-order valence-electron chi connectivity index (χ1n) is 7.62. The third-order valence-corrected chi connectivity index (χ3v) is 4.86. The van der Waals surface area contributed by atoms with E-state index in [-0.39, 0.29) is 0 Å². The topological polar surface area (TPSA) is 12.5 Å². The summed E-state index contributed by atoms with van der Waals surface area (Å²) in [5.41, 5.74) is 2.64. The fraction of sp³-hybridized carbons (Fsp3) is 0.263. The molecule has 3 heteroatoms. The number of rotatable bonds is 5. The van der Waals surface area contributed by atoms with Gasteiger partial charge in [-0.3, -0.25) is 0 Å². The summed E-state index contributed by atoms with van der Waals surface area (Å²) in [5, 5.41) is 0. The third kappa shape index (κ3) is 3.86. The summed E-state index contributed by atoms with van der Waals surface area (Å²) in [7, 11) is 1.72. The molecule has 2 nitrogen and oxygen atoms in total. The van der Waals surface area contributed by atoms with E-state index in [0.717, 1.165) is 31.0 Å². The highest BCUT2D eigenvalue weighted by atomic mass is 32.2. The Morgan fingerprint density at radius 2 is 1.95 bits per heavy atom. The van der Waals surface area contributed by atoms with E-state index in [4.69, 9.17) is 4.74 Å². The van der Waals surface area contributed by atoms with Gasteiger partial charge in [0.15, 0.2) is 0 Å². The van der Waals surface area contributed by atoms with Crippen molar-refractivity contribution in [3.63, 3.8) is 0 Å². The van der Waals surface area contributed by atoms with Crippen molar-refractivity contribution in [3.05, 3.63) is 71.9 Å². The standard InChI is InChI=1S/C19H21NOS/c1-21-18-9-5-8-17(14-18)19-15-20(12-13-22-19)11-10-16-6-3-2-4-7-16/h2-9,14-15H,10-13H2,1H3. The van der Waals surface area contributed by atoms with E-state index in [0.29, 0.717) is 0 Å². The third-order valence-electron chi connectivity index (χ3n) is 3.82. The Morgan fingerprint density at radius 3 is 2.77 bits per heavy atom. The predicted octanol–water partition coefficient (Wildman–Crippen LogP) is 4.29. The molecule has 0 N–H and O–H groups in total. The van der Waals surface area contributed by atoms with Crippen LogP contribution in [0.4, 0.5) is 0 Å². The summed E-state index contributed by atoms with van der Waals surface area (Å²) in [4.78, 5) is 3.76. The highest BCUT2D eigenvalue weighted by molar-refractivity contribution is 8.08. The lowest BCUT2D eigenvalue weighted by molar-refractivity contribution is 0.403. The van der Waals surface area contributed by atoms with Gasteiger partial charge in [-0.05, 0) is 29.7 Å². The highest BCUT2D eigenvalue weighted by Crippen LogP contribution is 2.32. The van der Waals surface area contributed by atoms with E-state index in [1.165, 1.54) is 16.0 Å². The van der Waals surface area contributed by atoms with Crippen molar-refractivity contribution in [2.24, 2.45) is 0 Å². The summed E-state index contributed by atoms with van der Waals surface area (Å²) in [6.45, 7) is 2.18. The molecule has 0 fully saturated rings. The molecule has 1 heterocycles. The minimum absolute atomic E-state index is 0.917. The molecule has 2 aromatic carbocycles. The van der Waals surface area contributed by atoms with E-state index >= 15 is 0 Å². The van der Waals surface area contributed by atoms with Crippen LogP contribution in [0.2, 0.25) is 0 Å². The van der Waals surface area contributed by atoms with Crippen LogP contribution in [0.1, 0.15) is 11.1 Å². The molecule has 22 heavy (non-hydrogen) atoms. The molecule has 0 atom stereocenters. The maximum absolute atomic E-state index is 5.33. The monoisotopic (exact) mass is 311 g/mol. The lowest BCUT2D eigenvalue weighted by atomic mass is 10.1. The molecule has 0 saturated heterocycles. The van der Waals surface area contributed by atoms with E-state index in [9.17, 15) is 0 Å². The van der Waals surface area contributed by atoms with Crippen molar-refractivity contribution in [2.75, 3.05) is 26.0 Å². The molecular weight excluding hydrogens is 290 g/mol. The zero-order valence-electron chi connectivity index (χ0n) is 12.9. The molecule has 0 saturated carbocycles. The summed E-state index contributed by atoms with van der Waals surface area (Å²) in [6, 6.07) is 19.0. The van der Waals surface area contributed by atoms with Crippen molar-refractivity contribution in [1.82, 2.24) is 4.90 Å². The van der Waals surface area contributed by atoms with Crippen LogP contribution >= 0.6 is 11.8 Å². The minimum atomic E-state index is 0.917. The van der Waals surface area contributed by atoms with Gasteiger partial charge < -0.3 is 9.64 Å². The fourth-order valence-electron chi connectivity index (χ4n) is 2.57.